The molecule has 124 valence electrons. The number of aromatic amines is 1. The molecule has 2 aliphatic rings. The molecule has 0 radical (unpaired) electrons. The number of rotatable bonds is 2. The third kappa shape index (κ3) is 2.36. The molecule has 0 amide bonds. The average molecular weight is 324 g/mol. The molecule has 3 heterocycles. The van der Waals surface area contributed by atoms with E-state index in [-0.39, 0.29) is 11.1 Å². The molecule has 1 spiro atoms. The predicted octanol–water partition coefficient (Wildman–Crippen LogP) is 2.23. The minimum atomic E-state index is -0.698. The van der Waals surface area contributed by atoms with Crippen molar-refractivity contribution in [1.82, 2.24) is 9.97 Å². The van der Waals surface area contributed by atoms with E-state index in [1.807, 2.05) is 0 Å². The van der Waals surface area contributed by atoms with E-state index in [1.54, 1.807) is 19.2 Å². The summed E-state index contributed by atoms with van der Waals surface area (Å²) in [5.74, 6) is 0. The van der Waals surface area contributed by atoms with Crippen LogP contribution in [0.25, 0.3) is 10.9 Å². The minimum Gasteiger partial charge on any atom is -0.387 e. The van der Waals surface area contributed by atoms with Gasteiger partial charge in [0.15, 0.2) is 0 Å². The average Bonchev–Trinajstić information content (AvgIpc) is 3.33. The summed E-state index contributed by atoms with van der Waals surface area (Å²) in [5, 5.41) is 20.1. The van der Waals surface area contributed by atoms with Gasteiger partial charge in [-0.2, -0.15) is 5.26 Å². The fourth-order valence-electron chi connectivity index (χ4n) is 3.74. The number of nitrogens with zero attached hydrogens (tertiary/aromatic N) is 3. The van der Waals surface area contributed by atoms with Crippen LogP contribution in [-0.2, 0) is 0 Å². The van der Waals surface area contributed by atoms with Gasteiger partial charge in [-0.15, -0.1) is 0 Å². The van der Waals surface area contributed by atoms with Gasteiger partial charge in [-0.1, -0.05) is 0 Å². The van der Waals surface area contributed by atoms with Crippen LogP contribution in [0.15, 0.2) is 17.1 Å². The van der Waals surface area contributed by atoms with Crippen molar-refractivity contribution in [2.75, 3.05) is 18.0 Å². The topological polar surface area (TPSA) is 93.0 Å². The molecule has 2 aromatic rings. The number of aromatic nitrogens is 2. The summed E-state index contributed by atoms with van der Waals surface area (Å²) >= 11 is 0. The first-order valence-electron chi connectivity index (χ1n) is 8.42. The highest BCUT2D eigenvalue weighted by molar-refractivity contribution is 5.94. The van der Waals surface area contributed by atoms with Gasteiger partial charge < -0.3 is 15.0 Å². The summed E-state index contributed by atoms with van der Waals surface area (Å²) in [4.78, 5) is 21.4. The zero-order valence-corrected chi connectivity index (χ0v) is 13.7. The van der Waals surface area contributed by atoms with Crippen molar-refractivity contribution >= 4 is 16.6 Å². The second-order valence-corrected chi connectivity index (χ2v) is 7.11. The quantitative estimate of drug-likeness (QED) is 0.883. The maximum atomic E-state index is 12.3. The van der Waals surface area contributed by atoms with Crippen LogP contribution in [0.1, 0.15) is 50.0 Å². The summed E-state index contributed by atoms with van der Waals surface area (Å²) in [5.41, 5.74) is 2.12. The lowest BCUT2D eigenvalue weighted by Crippen LogP contribution is -2.36. The Bertz CT molecular complexity index is 896. The number of piperidine rings is 1. The Labute approximate surface area is 139 Å². The maximum absolute atomic E-state index is 12.3. The third-order valence-corrected chi connectivity index (χ3v) is 5.53. The summed E-state index contributed by atoms with van der Waals surface area (Å²) < 4.78 is 0. The molecule has 6 nitrogen and oxygen atoms in total. The number of hydrogen-bond acceptors (Lipinski definition) is 5. The molecular formula is C18H20N4O2. The molecular weight excluding hydrogens is 304 g/mol. The Kier molecular flexibility index (Phi) is 3.36. The first kappa shape index (κ1) is 15.2. The van der Waals surface area contributed by atoms with Crippen molar-refractivity contribution in [3.63, 3.8) is 0 Å². The Balaban J connectivity index is 1.88. The van der Waals surface area contributed by atoms with Crippen LogP contribution < -0.4 is 10.5 Å². The number of hydrogen-bond donors (Lipinski definition) is 2. The van der Waals surface area contributed by atoms with E-state index in [0.29, 0.717) is 22.3 Å². The standard InChI is InChI=1S/C18H20N4O2/c1-11(23)14-8-12-15(10-20-14)21-17(24)13(9-19)16(12)22-6-4-18(2-3-18)5-7-22/h8,10-11,23H,2-7H2,1H3,(H,21,24)/t11-/m1/s1. The lowest BCUT2D eigenvalue weighted by Gasteiger charge is -2.34. The number of anilines is 1. The molecule has 4 rings (SSSR count). The molecule has 2 N–H and O–H groups in total. The molecule has 1 aliphatic heterocycles. The fraction of sp³-hybridized carbons (Fsp3) is 0.500. The maximum Gasteiger partial charge on any atom is 0.268 e. The highest BCUT2D eigenvalue weighted by Gasteiger charge is 2.44. The van der Waals surface area contributed by atoms with Gasteiger partial charge in [-0.25, -0.2) is 0 Å². The fourth-order valence-corrected chi connectivity index (χ4v) is 3.74. The van der Waals surface area contributed by atoms with E-state index in [1.165, 1.54) is 12.8 Å². The monoisotopic (exact) mass is 324 g/mol. The number of aliphatic hydroxyl groups is 1. The number of fused-ring (bicyclic) bond motifs is 1. The van der Waals surface area contributed by atoms with Crippen molar-refractivity contribution in [2.45, 2.75) is 38.7 Å². The van der Waals surface area contributed by atoms with Crippen LogP contribution in [0.4, 0.5) is 5.69 Å². The Morgan fingerprint density at radius 3 is 2.67 bits per heavy atom. The second-order valence-electron chi connectivity index (χ2n) is 7.11. The first-order chi connectivity index (χ1) is 11.5. The van der Waals surface area contributed by atoms with Crippen molar-refractivity contribution in [3.8, 4) is 6.07 Å². The number of pyridine rings is 2. The molecule has 1 aliphatic carbocycles. The van der Waals surface area contributed by atoms with Crippen LogP contribution >= 0.6 is 0 Å². The van der Waals surface area contributed by atoms with E-state index in [2.05, 4.69) is 20.9 Å². The Hall–Kier alpha value is -2.39. The Morgan fingerprint density at radius 1 is 1.38 bits per heavy atom. The smallest absolute Gasteiger partial charge is 0.268 e. The van der Waals surface area contributed by atoms with Crippen molar-refractivity contribution in [2.24, 2.45) is 5.41 Å². The summed E-state index contributed by atoms with van der Waals surface area (Å²) in [7, 11) is 0. The lowest BCUT2D eigenvalue weighted by atomic mass is 9.92. The zero-order valence-electron chi connectivity index (χ0n) is 13.7. The van der Waals surface area contributed by atoms with E-state index in [4.69, 9.17) is 0 Å². The van der Waals surface area contributed by atoms with Crippen molar-refractivity contribution in [1.29, 1.82) is 5.26 Å². The molecule has 1 saturated carbocycles. The molecule has 2 aromatic heterocycles. The van der Waals surface area contributed by atoms with Crippen molar-refractivity contribution in [3.05, 3.63) is 33.9 Å². The lowest BCUT2D eigenvalue weighted by molar-refractivity contribution is 0.194. The number of nitriles is 1. The SMILES string of the molecule is C[C@@H](O)c1cc2c(N3CCC4(CC3)CC4)c(C#N)c(=O)[nH]c2cn1. The van der Waals surface area contributed by atoms with E-state index in [0.717, 1.165) is 31.3 Å². The normalized spacial score (nSPS) is 20.1. The number of aliphatic hydroxyl groups excluding tert-OH is 1. The summed E-state index contributed by atoms with van der Waals surface area (Å²) in [6.07, 6.45) is 5.70. The van der Waals surface area contributed by atoms with Crippen LogP contribution in [-0.4, -0.2) is 28.2 Å². The molecule has 24 heavy (non-hydrogen) atoms. The highest BCUT2D eigenvalue weighted by atomic mass is 16.3. The summed E-state index contributed by atoms with van der Waals surface area (Å²) in [6.45, 7) is 3.38. The van der Waals surface area contributed by atoms with E-state index >= 15 is 0 Å². The molecule has 0 bridgehead atoms. The largest absolute Gasteiger partial charge is 0.387 e. The van der Waals surface area contributed by atoms with Gasteiger partial charge in [-0.05, 0) is 44.1 Å². The van der Waals surface area contributed by atoms with Crippen LogP contribution in [0.5, 0.6) is 0 Å². The van der Waals surface area contributed by atoms with Gasteiger partial charge in [0.1, 0.15) is 11.6 Å². The van der Waals surface area contributed by atoms with Crippen LogP contribution in [0, 0.1) is 16.7 Å². The minimum absolute atomic E-state index is 0.150. The first-order valence-corrected chi connectivity index (χ1v) is 8.42. The van der Waals surface area contributed by atoms with Gasteiger partial charge >= 0.3 is 0 Å². The van der Waals surface area contributed by atoms with Gasteiger partial charge in [0, 0.05) is 18.5 Å². The molecule has 0 aromatic carbocycles. The van der Waals surface area contributed by atoms with Gasteiger partial charge in [0.25, 0.3) is 5.56 Å². The molecule has 1 atom stereocenters. The number of H-pyrrole nitrogens is 1. The van der Waals surface area contributed by atoms with Gasteiger partial charge in [-0.3, -0.25) is 9.78 Å². The van der Waals surface area contributed by atoms with Gasteiger partial charge in [0.2, 0.25) is 0 Å². The van der Waals surface area contributed by atoms with E-state index in [9.17, 15) is 15.2 Å². The zero-order chi connectivity index (χ0) is 16.9. The van der Waals surface area contributed by atoms with Crippen molar-refractivity contribution < 1.29 is 5.11 Å². The second kappa shape index (κ2) is 5.32. The highest BCUT2D eigenvalue weighted by Crippen LogP contribution is 2.54. The van der Waals surface area contributed by atoms with Gasteiger partial charge in [0.05, 0.1) is 29.2 Å². The van der Waals surface area contributed by atoms with Crippen LogP contribution in [0.2, 0.25) is 0 Å². The predicted molar refractivity (Wildman–Crippen MR) is 90.8 cm³/mol. The molecule has 0 unspecified atom stereocenters. The Morgan fingerprint density at radius 2 is 2.08 bits per heavy atom. The number of nitrogens with one attached hydrogen (secondary N) is 1. The van der Waals surface area contributed by atoms with E-state index < -0.39 is 6.10 Å². The molecule has 2 fully saturated rings. The summed E-state index contributed by atoms with van der Waals surface area (Å²) in [6, 6.07) is 3.86. The van der Waals surface area contributed by atoms with Crippen LogP contribution in [0.3, 0.4) is 0 Å². The molecule has 6 heteroatoms. The molecule has 1 saturated heterocycles. The third-order valence-electron chi connectivity index (χ3n) is 5.53.